The summed E-state index contributed by atoms with van der Waals surface area (Å²) in [5.41, 5.74) is -2.28. The van der Waals surface area contributed by atoms with Crippen LogP contribution in [0.2, 0.25) is 0 Å². The van der Waals surface area contributed by atoms with Gasteiger partial charge in [-0.1, -0.05) is 6.92 Å². The van der Waals surface area contributed by atoms with E-state index in [0.29, 0.717) is 12.6 Å². The summed E-state index contributed by atoms with van der Waals surface area (Å²) >= 11 is 0. The van der Waals surface area contributed by atoms with Gasteiger partial charge < -0.3 is 10.1 Å². The Hall–Kier alpha value is -1.83. The lowest BCUT2D eigenvalue weighted by Gasteiger charge is -2.11. The molecule has 0 radical (unpaired) electrons. The average Bonchev–Trinajstić information content (AvgIpc) is 2.37. The Labute approximate surface area is 113 Å². The molecule has 8 heteroatoms. The van der Waals surface area contributed by atoms with E-state index >= 15 is 0 Å². The maximum Gasteiger partial charge on any atom is 0.423 e. The number of rotatable bonds is 7. The molecule has 0 fully saturated rings. The molecule has 0 amide bonds. The lowest BCUT2D eigenvalue weighted by atomic mass is 10.1. The predicted molar refractivity (Wildman–Crippen MR) is 66.8 cm³/mol. The van der Waals surface area contributed by atoms with Crippen LogP contribution in [0.4, 0.5) is 18.9 Å². The van der Waals surface area contributed by atoms with Crippen LogP contribution in [0.5, 0.6) is 5.75 Å². The fraction of sp³-hybridized carbons (Fsp3) is 0.500. The maximum atomic E-state index is 12.7. The van der Waals surface area contributed by atoms with Gasteiger partial charge in [0, 0.05) is 12.6 Å². The number of halogens is 3. The third kappa shape index (κ3) is 4.69. The molecule has 5 nitrogen and oxygen atoms in total. The molecule has 0 aliphatic heterocycles. The summed E-state index contributed by atoms with van der Waals surface area (Å²) in [7, 11) is 0. The summed E-state index contributed by atoms with van der Waals surface area (Å²) in [6.07, 6.45) is -3.85. The van der Waals surface area contributed by atoms with Crippen LogP contribution in [0, 0.1) is 10.1 Å². The number of alkyl halides is 3. The van der Waals surface area contributed by atoms with Gasteiger partial charge in [-0.05, 0) is 25.1 Å². The third-order valence-electron chi connectivity index (χ3n) is 2.44. The highest BCUT2D eigenvalue weighted by Crippen LogP contribution is 2.38. The maximum absolute atomic E-state index is 12.7. The predicted octanol–water partition coefficient (Wildman–Crippen LogP) is 2.99. The van der Waals surface area contributed by atoms with Gasteiger partial charge in [-0.2, -0.15) is 13.2 Å². The number of benzene rings is 1. The fourth-order valence-electron chi connectivity index (χ4n) is 1.53. The highest BCUT2D eigenvalue weighted by atomic mass is 19.4. The van der Waals surface area contributed by atoms with Gasteiger partial charge >= 0.3 is 6.18 Å². The number of ether oxygens (including phenoxy) is 1. The minimum absolute atomic E-state index is 0.0405. The van der Waals surface area contributed by atoms with Gasteiger partial charge in [0.15, 0.2) is 0 Å². The first kappa shape index (κ1) is 16.2. The van der Waals surface area contributed by atoms with Gasteiger partial charge in [-0.15, -0.1) is 0 Å². The topological polar surface area (TPSA) is 64.4 Å². The van der Waals surface area contributed by atoms with Crippen molar-refractivity contribution >= 4 is 5.69 Å². The smallest absolute Gasteiger partial charge is 0.423 e. The zero-order valence-corrected chi connectivity index (χ0v) is 10.9. The molecule has 0 bridgehead atoms. The SMILES string of the molecule is CCCNCCOc1ccc([N+](=O)[O-])c(C(F)(F)F)c1. The second-order valence-electron chi connectivity index (χ2n) is 4.03. The van der Waals surface area contributed by atoms with Crippen molar-refractivity contribution in [1.82, 2.24) is 5.32 Å². The van der Waals surface area contributed by atoms with Crippen molar-refractivity contribution in [2.75, 3.05) is 19.7 Å². The average molecular weight is 292 g/mol. The molecule has 0 heterocycles. The summed E-state index contributed by atoms with van der Waals surface area (Å²) < 4.78 is 43.3. The summed E-state index contributed by atoms with van der Waals surface area (Å²) in [5, 5.41) is 13.6. The fourth-order valence-corrected chi connectivity index (χ4v) is 1.53. The Morgan fingerprint density at radius 2 is 2.05 bits per heavy atom. The zero-order valence-electron chi connectivity index (χ0n) is 10.9. The molecule has 1 aromatic rings. The van der Waals surface area contributed by atoms with Gasteiger partial charge in [0.05, 0.1) is 4.92 Å². The van der Waals surface area contributed by atoms with Crippen LogP contribution in [-0.2, 0) is 6.18 Å². The van der Waals surface area contributed by atoms with Crippen molar-refractivity contribution in [1.29, 1.82) is 0 Å². The molecular weight excluding hydrogens is 277 g/mol. The number of hydrogen-bond donors (Lipinski definition) is 1. The molecule has 1 aromatic carbocycles. The Balaban J connectivity index is 2.77. The lowest BCUT2D eigenvalue weighted by molar-refractivity contribution is -0.388. The van der Waals surface area contributed by atoms with Gasteiger partial charge in [0.25, 0.3) is 5.69 Å². The number of nitro groups is 1. The summed E-state index contributed by atoms with van der Waals surface area (Å²) in [4.78, 5) is 9.51. The van der Waals surface area contributed by atoms with Crippen LogP contribution in [-0.4, -0.2) is 24.6 Å². The third-order valence-corrected chi connectivity index (χ3v) is 2.44. The molecule has 0 saturated heterocycles. The molecule has 0 atom stereocenters. The van der Waals surface area contributed by atoms with Crippen LogP contribution >= 0.6 is 0 Å². The Kier molecular flexibility index (Phi) is 5.75. The standard InChI is InChI=1S/C12H15F3N2O3/c1-2-5-16-6-7-20-9-3-4-11(17(18)19)10(8-9)12(13,14)15/h3-4,8,16H,2,5-7H2,1H3. The van der Waals surface area contributed by atoms with Crippen molar-refractivity contribution in [2.45, 2.75) is 19.5 Å². The molecule has 0 aliphatic carbocycles. The van der Waals surface area contributed by atoms with Crippen LogP contribution in [0.25, 0.3) is 0 Å². The highest BCUT2D eigenvalue weighted by molar-refractivity contribution is 5.46. The van der Waals surface area contributed by atoms with E-state index in [1.54, 1.807) is 0 Å². The quantitative estimate of drug-likeness (QED) is 0.476. The minimum atomic E-state index is -4.79. The Morgan fingerprint density at radius 1 is 1.35 bits per heavy atom. The number of nitrogens with zero attached hydrogens (tertiary/aromatic N) is 1. The van der Waals surface area contributed by atoms with Crippen LogP contribution in [0.1, 0.15) is 18.9 Å². The number of hydrogen-bond acceptors (Lipinski definition) is 4. The minimum Gasteiger partial charge on any atom is -0.492 e. The largest absolute Gasteiger partial charge is 0.492 e. The van der Waals surface area contributed by atoms with E-state index in [4.69, 9.17) is 4.74 Å². The van der Waals surface area contributed by atoms with Gasteiger partial charge in [0.2, 0.25) is 0 Å². The monoisotopic (exact) mass is 292 g/mol. The highest BCUT2D eigenvalue weighted by Gasteiger charge is 2.38. The Bertz CT molecular complexity index is 464. The van der Waals surface area contributed by atoms with Crippen molar-refractivity contribution in [2.24, 2.45) is 0 Å². The van der Waals surface area contributed by atoms with E-state index in [-0.39, 0.29) is 12.4 Å². The molecular formula is C12H15F3N2O3. The van der Waals surface area contributed by atoms with Crippen LogP contribution in [0.15, 0.2) is 18.2 Å². The first-order chi connectivity index (χ1) is 9.36. The van der Waals surface area contributed by atoms with E-state index in [1.165, 1.54) is 0 Å². The summed E-state index contributed by atoms with van der Waals surface area (Å²) in [5.74, 6) is -0.0405. The van der Waals surface area contributed by atoms with Gasteiger partial charge in [-0.3, -0.25) is 10.1 Å². The normalized spacial score (nSPS) is 11.4. The zero-order chi connectivity index (χ0) is 15.2. The molecule has 1 N–H and O–H groups in total. The van der Waals surface area contributed by atoms with Crippen LogP contribution in [0.3, 0.4) is 0 Å². The van der Waals surface area contributed by atoms with E-state index in [1.807, 2.05) is 6.92 Å². The van der Waals surface area contributed by atoms with Crippen molar-refractivity contribution in [3.05, 3.63) is 33.9 Å². The number of nitrogens with one attached hydrogen (secondary N) is 1. The van der Waals surface area contributed by atoms with Gasteiger partial charge in [0.1, 0.15) is 17.9 Å². The first-order valence-corrected chi connectivity index (χ1v) is 6.05. The van der Waals surface area contributed by atoms with E-state index in [2.05, 4.69) is 5.32 Å². The molecule has 1 rings (SSSR count). The van der Waals surface area contributed by atoms with E-state index in [9.17, 15) is 23.3 Å². The molecule has 112 valence electrons. The second-order valence-corrected chi connectivity index (χ2v) is 4.03. The number of nitro benzene ring substituents is 1. The molecule has 20 heavy (non-hydrogen) atoms. The Morgan fingerprint density at radius 3 is 2.60 bits per heavy atom. The second kappa shape index (κ2) is 7.09. The summed E-state index contributed by atoms with van der Waals surface area (Å²) in [6, 6.07) is 2.61. The molecule has 0 saturated carbocycles. The molecule has 0 aromatic heterocycles. The van der Waals surface area contributed by atoms with Crippen molar-refractivity contribution in [3.63, 3.8) is 0 Å². The van der Waals surface area contributed by atoms with Crippen LogP contribution < -0.4 is 10.1 Å². The molecule has 0 unspecified atom stereocenters. The first-order valence-electron chi connectivity index (χ1n) is 6.05. The molecule has 0 aliphatic rings. The summed E-state index contributed by atoms with van der Waals surface area (Å²) in [6.45, 7) is 3.46. The lowest BCUT2D eigenvalue weighted by Crippen LogP contribution is -2.21. The van der Waals surface area contributed by atoms with Crippen molar-refractivity contribution < 1.29 is 22.8 Å². The van der Waals surface area contributed by atoms with E-state index in [0.717, 1.165) is 25.1 Å². The van der Waals surface area contributed by atoms with Gasteiger partial charge in [-0.25, -0.2) is 0 Å². The molecule has 0 spiro atoms. The van der Waals surface area contributed by atoms with Crippen molar-refractivity contribution in [3.8, 4) is 5.75 Å². The van der Waals surface area contributed by atoms with E-state index < -0.39 is 22.4 Å².